The SMILES string of the molecule is CC(C)(C)c1ccc2c(c1)c1cc(C(C)(C)C)ccc1n2-c1cc2c3c(c1)N(c1ccccc1)c1cc4c(cc1B3c1ccccc1S2)B1c2ccccc2Sc2cc(N(c3ccccc3)c3ccccc3)cc(c21)N4c1c(-c2ccccc2)cccc1-c1ccccc1. The minimum atomic E-state index is -0.103. The van der Waals surface area contributed by atoms with Gasteiger partial charge < -0.3 is 19.3 Å². The van der Waals surface area contributed by atoms with E-state index < -0.39 is 0 Å². The molecule has 0 atom stereocenters. The average molecular weight is 1240 g/mol. The van der Waals surface area contributed by atoms with Crippen LogP contribution in [0.1, 0.15) is 52.7 Å². The molecule has 13 aromatic carbocycles. The first-order chi connectivity index (χ1) is 45.9. The Bertz CT molecular complexity index is 5200. The Morgan fingerprint density at radius 2 is 0.766 bits per heavy atom. The number of rotatable bonds is 8. The lowest BCUT2D eigenvalue weighted by Crippen LogP contribution is -2.64. The first-order valence-electron chi connectivity index (χ1n) is 32.9. The zero-order valence-corrected chi connectivity index (χ0v) is 55.1. The molecule has 4 aliphatic rings. The summed E-state index contributed by atoms with van der Waals surface area (Å²) in [6.45, 7) is 13.8. The van der Waals surface area contributed by atoms with E-state index in [0.717, 1.165) is 73.4 Å². The third-order valence-electron chi connectivity index (χ3n) is 19.9. The highest BCUT2D eigenvalue weighted by Gasteiger charge is 2.47. The summed E-state index contributed by atoms with van der Waals surface area (Å²) < 4.78 is 2.56. The Kier molecular flexibility index (Phi) is 13.1. The van der Waals surface area contributed by atoms with Gasteiger partial charge in [0.15, 0.2) is 0 Å². The van der Waals surface area contributed by atoms with Gasteiger partial charge in [-0.25, -0.2) is 0 Å². The van der Waals surface area contributed by atoms with Crippen LogP contribution in [0, 0.1) is 0 Å². The van der Waals surface area contributed by atoms with Crippen LogP contribution in [0.2, 0.25) is 0 Å². The van der Waals surface area contributed by atoms with E-state index in [2.05, 4.69) is 352 Å². The van der Waals surface area contributed by atoms with Crippen molar-refractivity contribution >= 4 is 143 Å². The standard InChI is InChI=1S/C86H66B2N4S2/c1-85(2,3)57-43-45-72-66(47-57)67-48-58(86(4,5)6)44-46-73(67)91(72)63-50-76-82-81(52-63)94-78-41-24-22-39-68(78)87(82)70-53-71-75(54-74(70)90(76)61-35-20-11-21-36-61)92(84-64(55-27-12-7-13-28-55)37-26-38-65(84)56-29-14-8-15-30-56)77-49-62(51-80-83(77)88(71)69-40-23-25-42-79(69)93-80)89(59-31-16-9-17-32-59)60-33-18-10-19-34-60/h7-54H,1-6H3. The van der Waals surface area contributed by atoms with Gasteiger partial charge in [0.05, 0.1) is 16.7 Å². The summed E-state index contributed by atoms with van der Waals surface area (Å²) in [4.78, 5) is 12.9. The van der Waals surface area contributed by atoms with Crippen LogP contribution in [0.5, 0.6) is 0 Å². The lowest BCUT2D eigenvalue weighted by atomic mass is 9.31. The summed E-state index contributed by atoms with van der Waals surface area (Å²) in [6.07, 6.45) is 0. The van der Waals surface area contributed by atoms with Gasteiger partial charge in [-0.05, 0) is 158 Å². The normalized spacial score (nSPS) is 13.5. The fourth-order valence-corrected chi connectivity index (χ4v) is 17.9. The first kappa shape index (κ1) is 56.6. The van der Waals surface area contributed by atoms with Gasteiger partial charge in [0.2, 0.25) is 13.4 Å². The molecule has 1 aromatic heterocycles. The number of hydrogen-bond acceptors (Lipinski definition) is 5. The molecule has 0 spiro atoms. The molecule has 448 valence electrons. The molecule has 0 saturated heterocycles. The molecular formula is C86H66B2N4S2. The third-order valence-corrected chi connectivity index (χ3v) is 22.2. The minimum Gasteiger partial charge on any atom is -0.311 e. The molecular weight excluding hydrogens is 1170 g/mol. The van der Waals surface area contributed by atoms with E-state index in [1.54, 1.807) is 0 Å². The maximum absolute atomic E-state index is 2.70. The molecule has 0 bridgehead atoms. The topological polar surface area (TPSA) is 14.7 Å². The monoisotopic (exact) mass is 1240 g/mol. The van der Waals surface area contributed by atoms with E-state index >= 15 is 0 Å². The number of anilines is 9. The number of hydrogen-bond donors (Lipinski definition) is 0. The Morgan fingerprint density at radius 1 is 0.319 bits per heavy atom. The molecule has 0 amide bonds. The molecule has 94 heavy (non-hydrogen) atoms. The smallest absolute Gasteiger partial charge is 0.249 e. The van der Waals surface area contributed by atoms with Crippen LogP contribution in [-0.4, -0.2) is 18.0 Å². The summed E-state index contributed by atoms with van der Waals surface area (Å²) in [5, 5.41) is 2.56. The first-order valence-corrected chi connectivity index (χ1v) is 34.5. The fraction of sp³-hybridized carbons (Fsp3) is 0.0930. The Morgan fingerprint density at radius 3 is 1.28 bits per heavy atom. The summed E-state index contributed by atoms with van der Waals surface area (Å²) in [7, 11) is 0. The highest BCUT2D eigenvalue weighted by Crippen LogP contribution is 2.53. The van der Waals surface area contributed by atoms with Crippen LogP contribution < -0.4 is 47.5 Å². The van der Waals surface area contributed by atoms with Crippen molar-refractivity contribution in [3.05, 3.63) is 302 Å². The van der Waals surface area contributed by atoms with Crippen molar-refractivity contribution < 1.29 is 0 Å². The van der Waals surface area contributed by atoms with Crippen molar-refractivity contribution in [2.75, 3.05) is 14.7 Å². The predicted molar refractivity (Wildman–Crippen MR) is 404 cm³/mol. The molecule has 0 radical (unpaired) electrons. The average Bonchev–Trinajstić information content (AvgIpc) is 0.801. The summed E-state index contributed by atoms with van der Waals surface area (Å²) in [5.74, 6) is 0. The Balaban J connectivity index is 0.969. The zero-order valence-electron chi connectivity index (χ0n) is 53.5. The largest absolute Gasteiger partial charge is 0.311 e. The molecule has 0 saturated carbocycles. The van der Waals surface area contributed by atoms with Crippen molar-refractivity contribution in [3.63, 3.8) is 0 Å². The summed E-state index contributed by atoms with van der Waals surface area (Å²) >= 11 is 3.83. The molecule has 14 aromatic rings. The van der Waals surface area contributed by atoms with Crippen LogP contribution in [0.3, 0.4) is 0 Å². The van der Waals surface area contributed by atoms with E-state index in [1.165, 1.54) is 91.0 Å². The summed E-state index contributed by atoms with van der Waals surface area (Å²) in [6, 6.07) is 110. The van der Waals surface area contributed by atoms with Crippen LogP contribution in [-0.2, 0) is 10.8 Å². The second-order valence-corrected chi connectivity index (χ2v) is 29.8. The lowest BCUT2D eigenvalue weighted by Gasteiger charge is -2.45. The predicted octanol–water partition coefficient (Wildman–Crippen LogP) is 19.7. The van der Waals surface area contributed by atoms with Crippen LogP contribution >= 0.6 is 23.5 Å². The van der Waals surface area contributed by atoms with E-state index in [9.17, 15) is 0 Å². The lowest BCUT2D eigenvalue weighted by molar-refractivity contribution is 0.590. The number of nitrogens with zero attached hydrogens (tertiary/aromatic N) is 4. The van der Waals surface area contributed by atoms with Gasteiger partial charge in [-0.1, -0.05) is 264 Å². The number of aromatic nitrogens is 1. The van der Waals surface area contributed by atoms with Crippen LogP contribution in [0.25, 0.3) is 49.7 Å². The van der Waals surface area contributed by atoms with Gasteiger partial charge in [-0.3, -0.25) is 0 Å². The van der Waals surface area contributed by atoms with Gasteiger partial charge in [-0.2, -0.15) is 0 Å². The molecule has 4 nitrogen and oxygen atoms in total. The molecule has 5 heterocycles. The second kappa shape index (κ2) is 21.7. The Hall–Kier alpha value is -10.1. The number of benzene rings is 13. The third kappa shape index (κ3) is 9.01. The molecule has 18 rings (SSSR count). The van der Waals surface area contributed by atoms with Gasteiger partial charge in [0, 0.05) is 92.7 Å². The Labute approximate surface area is 560 Å². The summed E-state index contributed by atoms with van der Waals surface area (Å²) in [5.41, 5.74) is 28.9. The van der Waals surface area contributed by atoms with Gasteiger partial charge >= 0.3 is 0 Å². The maximum atomic E-state index is 2.70. The van der Waals surface area contributed by atoms with E-state index in [1.807, 2.05) is 23.5 Å². The van der Waals surface area contributed by atoms with Crippen molar-refractivity contribution in [1.82, 2.24) is 4.57 Å². The number of para-hydroxylation sites is 4. The molecule has 4 aliphatic heterocycles. The maximum Gasteiger partial charge on any atom is 0.249 e. The molecule has 0 unspecified atom stereocenters. The second-order valence-electron chi connectivity index (χ2n) is 27.6. The zero-order chi connectivity index (χ0) is 63.1. The molecule has 8 heteroatoms. The van der Waals surface area contributed by atoms with Crippen molar-refractivity contribution in [2.45, 2.75) is 72.0 Å². The van der Waals surface area contributed by atoms with Crippen LogP contribution in [0.15, 0.2) is 311 Å². The molecule has 0 N–H and O–H groups in total. The van der Waals surface area contributed by atoms with Crippen molar-refractivity contribution in [1.29, 1.82) is 0 Å². The van der Waals surface area contributed by atoms with E-state index in [0.29, 0.717) is 0 Å². The van der Waals surface area contributed by atoms with Gasteiger partial charge in [0.1, 0.15) is 0 Å². The highest BCUT2D eigenvalue weighted by molar-refractivity contribution is 8.00. The van der Waals surface area contributed by atoms with Crippen LogP contribution in [0.4, 0.5) is 51.2 Å². The minimum absolute atomic E-state index is 0.0267. The van der Waals surface area contributed by atoms with E-state index in [-0.39, 0.29) is 24.3 Å². The van der Waals surface area contributed by atoms with Crippen molar-refractivity contribution in [3.8, 4) is 27.9 Å². The van der Waals surface area contributed by atoms with E-state index in [4.69, 9.17) is 0 Å². The molecule has 0 aliphatic carbocycles. The van der Waals surface area contributed by atoms with Crippen molar-refractivity contribution in [2.24, 2.45) is 0 Å². The molecule has 0 fully saturated rings. The fourth-order valence-electron chi connectivity index (χ4n) is 15.5. The number of fused-ring (bicyclic) bond motifs is 11. The van der Waals surface area contributed by atoms with Gasteiger partial charge in [-0.15, -0.1) is 0 Å². The quantitative estimate of drug-likeness (QED) is 0.140. The van der Waals surface area contributed by atoms with Gasteiger partial charge in [0.25, 0.3) is 0 Å². The highest BCUT2D eigenvalue weighted by atomic mass is 32.2.